The van der Waals surface area contributed by atoms with Crippen LogP contribution in [-0.4, -0.2) is 27.2 Å². The number of carbonyl (C=O) groups is 1. The molecule has 2 aromatic rings. The summed E-state index contributed by atoms with van der Waals surface area (Å²) in [7, 11) is 0. The van der Waals surface area contributed by atoms with E-state index in [-0.39, 0.29) is 9.88 Å². The van der Waals surface area contributed by atoms with Gasteiger partial charge in [-0.1, -0.05) is 11.6 Å². The van der Waals surface area contributed by atoms with E-state index < -0.39 is 42.1 Å². The zero-order valence-corrected chi connectivity index (χ0v) is 12.7. The van der Waals surface area contributed by atoms with Crippen molar-refractivity contribution in [3.05, 3.63) is 57.0 Å². The van der Waals surface area contributed by atoms with Crippen molar-refractivity contribution in [3.63, 3.8) is 0 Å². The van der Waals surface area contributed by atoms with Crippen molar-refractivity contribution in [2.24, 2.45) is 0 Å². The Hall–Kier alpha value is -2.75. The fraction of sp³-hybridized carbons (Fsp3) is 0.231. The first-order valence-corrected chi connectivity index (χ1v) is 6.87. The Bertz CT molecular complexity index is 828. The highest BCUT2D eigenvalue weighted by atomic mass is 35.5. The molecule has 24 heavy (non-hydrogen) atoms. The Morgan fingerprint density at radius 1 is 1.50 bits per heavy atom. The van der Waals surface area contributed by atoms with Crippen LogP contribution in [0, 0.1) is 5.21 Å². The second-order valence-electron chi connectivity index (χ2n) is 4.68. The smallest absolute Gasteiger partial charge is 0.347 e. The molecule has 2 aromatic heterocycles. The van der Waals surface area contributed by atoms with Gasteiger partial charge in [-0.3, -0.25) is 14.2 Å². The van der Waals surface area contributed by atoms with Gasteiger partial charge in [0, 0.05) is 12.1 Å². The first kappa shape index (κ1) is 17.6. The van der Waals surface area contributed by atoms with E-state index >= 15 is 0 Å². The quantitative estimate of drug-likeness (QED) is 0.582. The molecule has 0 atom stereocenters. The van der Waals surface area contributed by atoms with Gasteiger partial charge in [0.2, 0.25) is 0 Å². The van der Waals surface area contributed by atoms with Crippen LogP contribution in [0.4, 0.5) is 14.6 Å². The summed E-state index contributed by atoms with van der Waals surface area (Å²) in [5, 5.41) is 22.0. The fourth-order valence-corrected chi connectivity index (χ4v) is 2.05. The highest BCUT2D eigenvalue weighted by molar-refractivity contribution is 6.29. The van der Waals surface area contributed by atoms with E-state index in [1.807, 2.05) is 0 Å². The summed E-state index contributed by atoms with van der Waals surface area (Å²) in [5.74, 6) is -5.43. The molecule has 0 aliphatic heterocycles. The van der Waals surface area contributed by atoms with Gasteiger partial charge in [-0.15, -0.1) is 0 Å². The number of alkyl halides is 2. The molecule has 0 radical (unpaired) electrons. The van der Waals surface area contributed by atoms with Gasteiger partial charge in [0.05, 0.1) is 12.7 Å². The predicted octanol–water partition coefficient (Wildman–Crippen LogP) is 0.819. The Balaban J connectivity index is 2.25. The average molecular weight is 361 g/mol. The number of carboxylic acids is 1. The summed E-state index contributed by atoms with van der Waals surface area (Å²) in [6, 6.07) is 3.52. The van der Waals surface area contributed by atoms with Crippen molar-refractivity contribution < 1.29 is 23.4 Å². The Labute approximate surface area is 138 Å². The van der Waals surface area contributed by atoms with Gasteiger partial charge in [-0.2, -0.15) is 13.5 Å². The van der Waals surface area contributed by atoms with Gasteiger partial charge in [0.15, 0.2) is 12.0 Å². The van der Waals surface area contributed by atoms with Crippen molar-refractivity contribution in [3.8, 4) is 0 Å². The average Bonchev–Trinajstić information content (AvgIpc) is 2.50. The van der Waals surface area contributed by atoms with Gasteiger partial charge in [-0.05, 0) is 6.07 Å². The van der Waals surface area contributed by atoms with E-state index in [9.17, 15) is 23.6 Å². The molecule has 0 saturated carbocycles. The van der Waals surface area contributed by atoms with Gasteiger partial charge >= 0.3 is 11.9 Å². The summed E-state index contributed by atoms with van der Waals surface area (Å²) >= 11 is 5.67. The van der Waals surface area contributed by atoms with Crippen LogP contribution >= 0.6 is 11.6 Å². The molecule has 128 valence electrons. The number of aromatic nitrogens is 3. The van der Waals surface area contributed by atoms with Gasteiger partial charge < -0.3 is 15.6 Å². The molecular formula is C13H11ClF2N4O4. The van der Waals surface area contributed by atoms with Crippen molar-refractivity contribution in [2.45, 2.75) is 12.5 Å². The van der Waals surface area contributed by atoms with Crippen LogP contribution in [0.2, 0.25) is 5.15 Å². The molecule has 2 heterocycles. The molecule has 2 rings (SSSR count). The molecule has 0 aliphatic carbocycles. The molecule has 8 nitrogen and oxygen atoms in total. The van der Waals surface area contributed by atoms with Crippen molar-refractivity contribution in [1.82, 2.24) is 9.55 Å². The van der Waals surface area contributed by atoms with Crippen LogP contribution in [0.5, 0.6) is 0 Å². The summed E-state index contributed by atoms with van der Waals surface area (Å²) < 4.78 is 28.8. The van der Waals surface area contributed by atoms with E-state index in [4.69, 9.17) is 16.7 Å². The zero-order valence-electron chi connectivity index (χ0n) is 11.9. The maximum absolute atomic E-state index is 14.1. The molecule has 0 spiro atoms. The lowest BCUT2D eigenvalue weighted by Gasteiger charge is -2.16. The summed E-state index contributed by atoms with van der Waals surface area (Å²) in [6.45, 7) is -1.83. The largest absolute Gasteiger partial charge is 0.618 e. The van der Waals surface area contributed by atoms with Crippen LogP contribution in [-0.2, 0) is 17.3 Å². The number of halogens is 3. The van der Waals surface area contributed by atoms with E-state index in [0.29, 0.717) is 4.57 Å². The first-order valence-electron chi connectivity index (χ1n) is 6.50. The number of anilines is 1. The van der Waals surface area contributed by atoms with Crippen molar-refractivity contribution >= 4 is 23.4 Å². The lowest BCUT2D eigenvalue weighted by molar-refractivity contribution is -0.624. The number of aliphatic carboxylic acids is 1. The van der Waals surface area contributed by atoms with Gasteiger partial charge in [0.1, 0.15) is 11.7 Å². The molecule has 0 aromatic carbocycles. The first-order chi connectivity index (χ1) is 11.2. The Morgan fingerprint density at radius 2 is 2.21 bits per heavy atom. The molecule has 2 N–H and O–H groups in total. The molecule has 0 bridgehead atoms. The highest BCUT2D eigenvalue weighted by Crippen LogP contribution is 2.24. The molecule has 0 fully saturated rings. The van der Waals surface area contributed by atoms with E-state index in [0.717, 1.165) is 18.5 Å². The van der Waals surface area contributed by atoms with E-state index in [1.54, 1.807) is 0 Å². The van der Waals surface area contributed by atoms with Crippen LogP contribution in [0.3, 0.4) is 0 Å². The highest BCUT2D eigenvalue weighted by Gasteiger charge is 2.39. The topological polar surface area (TPSA) is 111 Å². The number of carboxylic acid groups (broad SMARTS) is 1. The monoisotopic (exact) mass is 360 g/mol. The normalized spacial score (nSPS) is 11.3. The zero-order chi connectivity index (χ0) is 17.9. The molecule has 0 amide bonds. The molecule has 11 heteroatoms. The third-order valence-corrected chi connectivity index (χ3v) is 3.28. The number of nitrogens with zero attached hydrogens (tertiary/aromatic N) is 3. The number of rotatable bonds is 6. The minimum Gasteiger partial charge on any atom is -0.618 e. The number of nitrogens with one attached hydrogen (secondary N) is 1. The van der Waals surface area contributed by atoms with Crippen LogP contribution in [0.15, 0.2) is 35.4 Å². The standard InChI is InChI=1S/C13H11ClF2N4O4/c14-9-5-17-11(12(23)19(9)6-10(21)22)18-7-13(15,16)8-3-1-2-4-20(8)24/h1-5H,6-7H2,(H,17,18)(H,21,22). The lowest BCUT2D eigenvalue weighted by Crippen LogP contribution is -2.41. The second kappa shape index (κ2) is 6.79. The predicted molar refractivity (Wildman–Crippen MR) is 78.9 cm³/mol. The minimum atomic E-state index is -3.59. The maximum Gasteiger partial charge on any atom is 0.347 e. The van der Waals surface area contributed by atoms with Crippen molar-refractivity contribution in [2.75, 3.05) is 11.9 Å². The lowest BCUT2D eigenvalue weighted by atomic mass is 10.2. The van der Waals surface area contributed by atoms with Crippen molar-refractivity contribution in [1.29, 1.82) is 0 Å². The SMILES string of the molecule is O=C(O)Cn1c(Cl)cnc(NCC(F)(F)c2cccc[n+]2[O-])c1=O. The molecular weight excluding hydrogens is 350 g/mol. The van der Waals surface area contributed by atoms with Crippen LogP contribution in [0.1, 0.15) is 5.69 Å². The van der Waals surface area contributed by atoms with E-state index in [1.165, 1.54) is 12.1 Å². The Morgan fingerprint density at radius 3 is 2.83 bits per heavy atom. The maximum atomic E-state index is 14.1. The number of pyridine rings is 1. The molecule has 0 aliphatic rings. The summed E-state index contributed by atoms with van der Waals surface area (Å²) in [4.78, 5) is 26.3. The van der Waals surface area contributed by atoms with Crippen LogP contribution in [0.25, 0.3) is 0 Å². The molecule has 0 unspecified atom stereocenters. The number of hydrogen-bond acceptors (Lipinski definition) is 5. The van der Waals surface area contributed by atoms with Gasteiger partial charge in [-0.25, -0.2) is 4.98 Å². The van der Waals surface area contributed by atoms with Crippen LogP contribution < -0.4 is 15.6 Å². The third-order valence-electron chi connectivity index (χ3n) is 2.98. The van der Waals surface area contributed by atoms with Gasteiger partial charge in [0.25, 0.3) is 11.3 Å². The Kier molecular flexibility index (Phi) is 4.98. The second-order valence-corrected chi connectivity index (χ2v) is 5.07. The number of hydrogen-bond donors (Lipinski definition) is 2. The summed E-state index contributed by atoms with van der Waals surface area (Å²) in [6.07, 6.45) is 1.88. The van der Waals surface area contributed by atoms with E-state index in [2.05, 4.69) is 10.3 Å². The molecule has 0 saturated heterocycles. The summed E-state index contributed by atoms with van der Waals surface area (Å²) in [5.41, 5.74) is -1.78. The third kappa shape index (κ3) is 3.77. The minimum absolute atomic E-state index is 0.0136. The fourth-order valence-electron chi connectivity index (χ4n) is 1.87.